The number of amides is 4. The van der Waals surface area contributed by atoms with E-state index in [1.807, 2.05) is 45.9 Å². The zero-order valence-corrected chi connectivity index (χ0v) is 23.4. The number of carbonyl (C=O) groups excluding carboxylic acids is 5. The summed E-state index contributed by atoms with van der Waals surface area (Å²) in [6.45, 7) is 9.40. The summed E-state index contributed by atoms with van der Waals surface area (Å²) >= 11 is 0. The summed E-state index contributed by atoms with van der Waals surface area (Å²) in [5, 5.41) is 9.08. The van der Waals surface area contributed by atoms with Gasteiger partial charge < -0.3 is 25.3 Å². The van der Waals surface area contributed by atoms with E-state index in [4.69, 9.17) is 4.42 Å². The molecule has 2 heterocycles. The molecule has 1 aromatic carbocycles. The molecule has 10 nitrogen and oxygen atoms in total. The Morgan fingerprint density at radius 3 is 2.31 bits per heavy atom. The average Bonchev–Trinajstić information content (AvgIpc) is 3.21. The number of fused-ring (bicyclic) bond motifs is 1. The van der Waals surface area contributed by atoms with Gasteiger partial charge in [-0.15, -0.1) is 0 Å². The van der Waals surface area contributed by atoms with Crippen LogP contribution in [0.4, 0.5) is 4.79 Å². The Bertz CT molecular complexity index is 1170. The van der Waals surface area contributed by atoms with Crippen LogP contribution in [0, 0.1) is 11.8 Å². The van der Waals surface area contributed by atoms with E-state index in [0.29, 0.717) is 37.8 Å². The summed E-state index contributed by atoms with van der Waals surface area (Å²) < 4.78 is 5.63. The lowest BCUT2D eigenvalue weighted by atomic mass is 10.0. The number of para-hydroxylation sites is 1. The second-order valence-corrected chi connectivity index (χ2v) is 11.1. The third-order valence-electron chi connectivity index (χ3n) is 6.73. The molecule has 3 atom stereocenters. The maximum atomic E-state index is 13.2. The molecule has 4 amide bonds. The normalized spacial score (nSPS) is 17.6. The number of ketones is 2. The lowest BCUT2D eigenvalue weighted by molar-refractivity contribution is -0.129. The second kappa shape index (κ2) is 13.4. The van der Waals surface area contributed by atoms with Crippen molar-refractivity contribution in [3.63, 3.8) is 0 Å². The molecule has 212 valence electrons. The van der Waals surface area contributed by atoms with Gasteiger partial charge in [-0.25, -0.2) is 4.79 Å². The minimum Gasteiger partial charge on any atom is -0.451 e. The Morgan fingerprint density at radius 2 is 1.67 bits per heavy atom. The van der Waals surface area contributed by atoms with Gasteiger partial charge >= 0.3 is 6.03 Å². The van der Waals surface area contributed by atoms with Gasteiger partial charge in [0.15, 0.2) is 17.3 Å². The lowest BCUT2D eigenvalue weighted by Gasteiger charge is -2.25. The maximum absolute atomic E-state index is 13.2. The van der Waals surface area contributed by atoms with Crippen LogP contribution in [0.3, 0.4) is 0 Å². The molecule has 3 N–H and O–H groups in total. The first-order valence-corrected chi connectivity index (χ1v) is 13.6. The molecule has 0 radical (unpaired) electrons. The third kappa shape index (κ3) is 8.40. The molecule has 1 aliphatic heterocycles. The molecule has 0 aliphatic carbocycles. The van der Waals surface area contributed by atoms with Crippen LogP contribution in [-0.2, 0) is 14.4 Å². The molecular weight excluding hydrogens is 500 g/mol. The lowest BCUT2D eigenvalue weighted by Crippen LogP contribution is -2.53. The van der Waals surface area contributed by atoms with Gasteiger partial charge in [0.2, 0.25) is 5.91 Å². The Balaban J connectivity index is 1.63. The molecule has 3 unspecified atom stereocenters. The maximum Gasteiger partial charge on any atom is 0.318 e. The van der Waals surface area contributed by atoms with Gasteiger partial charge in [0.05, 0.1) is 18.6 Å². The van der Waals surface area contributed by atoms with Crippen molar-refractivity contribution in [3.8, 4) is 0 Å². The van der Waals surface area contributed by atoms with E-state index in [-0.39, 0.29) is 35.7 Å². The fourth-order valence-corrected chi connectivity index (χ4v) is 4.69. The molecule has 1 saturated heterocycles. The zero-order valence-electron chi connectivity index (χ0n) is 23.4. The molecule has 1 fully saturated rings. The highest BCUT2D eigenvalue weighted by Gasteiger charge is 2.32. The second-order valence-electron chi connectivity index (χ2n) is 11.1. The number of hydrogen-bond acceptors (Lipinski definition) is 6. The minimum atomic E-state index is -0.867. The van der Waals surface area contributed by atoms with Crippen LogP contribution in [0.5, 0.6) is 0 Å². The average molecular weight is 541 g/mol. The SMILES string of the molecule is CC(=O)C(CC(C)C)NC(=O)N1CCCC(NC(=O)C(CC(C)C)NC(=O)c2cc3ccccc3o2)C(=O)C1. The van der Waals surface area contributed by atoms with Crippen LogP contribution in [-0.4, -0.2) is 65.5 Å². The van der Waals surface area contributed by atoms with Gasteiger partial charge in [0.1, 0.15) is 11.6 Å². The highest BCUT2D eigenvalue weighted by molar-refractivity contribution is 6.00. The van der Waals surface area contributed by atoms with E-state index in [2.05, 4.69) is 16.0 Å². The summed E-state index contributed by atoms with van der Waals surface area (Å²) in [4.78, 5) is 65.4. The number of rotatable bonds is 10. The Morgan fingerprint density at radius 1 is 1.00 bits per heavy atom. The summed E-state index contributed by atoms with van der Waals surface area (Å²) in [5.74, 6) is -0.986. The first-order chi connectivity index (χ1) is 18.4. The molecule has 39 heavy (non-hydrogen) atoms. The quantitative estimate of drug-likeness (QED) is 0.422. The molecule has 2 aromatic rings. The van der Waals surface area contributed by atoms with Crippen molar-refractivity contribution in [3.05, 3.63) is 36.1 Å². The van der Waals surface area contributed by atoms with Crippen molar-refractivity contribution in [1.82, 2.24) is 20.9 Å². The van der Waals surface area contributed by atoms with Crippen molar-refractivity contribution in [2.45, 2.75) is 78.4 Å². The molecule has 1 aromatic heterocycles. The predicted molar refractivity (Wildman–Crippen MR) is 147 cm³/mol. The van der Waals surface area contributed by atoms with E-state index in [1.165, 1.54) is 11.8 Å². The van der Waals surface area contributed by atoms with Crippen LogP contribution < -0.4 is 16.0 Å². The third-order valence-corrected chi connectivity index (χ3v) is 6.73. The fraction of sp³-hybridized carbons (Fsp3) is 0.552. The number of benzene rings is 1. The van der Waals surface area contributed by atoms with E-state index >= 15 is 0 Å². The zero-order chi connectivity index (χ0) is 28.7. The van der Waals surface area contributed by atoms with Gasteiger partial charge in [-0.3, -0.25) is 19.2 Å². The van der Waals surface area contributed by atoms with Crippen molar-refractivity contribution in [1.29, 1.82) is 0 Å². The van der Waals surface area contributed by atoms with Gasteiger partial charge in [0, 0.05) is 11.9 Å². The van der Waals surface area contributed by atoms with Crippen molar-refractivity contribution < 1.29 is 28.4 Å². The number of nitrogens with one attached hydrogen (secondary N) is 3. The number of likely N-dealkylation sites (tertiary alicyclic amines) is 1. The van der Waals surface area contributed by atoms with Crippen LogP contribution in [0.1, 0.15) is 70.9 Å². The fourth-order valence-electron chi connectivity index (χ4n) is 4.69. The Labute approximate surface area is 229 Å². The number of hydrogen-bond donors (Lipinski definition) is 3. The van der Waals surface area contributed by atoms with Crippen LogP contribution in [0.25, 0.3) is 11.0 Å². The standard InChI is InChI=1S/C29H40N4O6/c1-17(2)13-22(19(5)34)32-29(38)33-12-8-10-21(24(35)16-33)30-27(36)23(14-18(3)4)31-28(37)26-15-20-9-6-7-11-25(20)39-26/h6-7,9,11,15,17-18,21-23H,8,10,12-14,16H2,1-5H3,(H,30,36)(H,31,37)(H,32,38). The number of carbonyl (C=O) groups is 5. The van der Waals surface area contributed by atoms with Crippen LogP contribution in [0.2, 0.25) is 0 Å². The van der Waals surface area contributed by atoms with Crippen LogP contribution >= 0.6 is 0 Å². The Hall–Kier alpha value is -3.69. The first kappa shape index (κ1) is 29.9. The number of nitrogens with zero attached hydrogens (tertiary/aromatic N) is 1. The molecule has 3 rings (SSSR count). The number of urea groups is 1. The van der Waals surface area contributed by atoms with Gasteiger partial charge in [-0.05, 0) is 56.6 Å². The first-order valence-electron chi connectivity index (χ1n) is 13.6. The van der Waals surface area contributed by atoms with E-state index in [0.717, 1.165) is 5.39 Å². The summed E-state index contributed by atoms with van der Waals surface area (Å²) in [5.41, 5.74) is 0.573. The molecule has 10 heteroatoms. The van der Waals surface area contributed by atoms with Crippen molar-refractivity contribution >= 4 is 40.4 Å². The highest BCUT2D eigenvalue weighted by atomic mass is 16.3. The highest BCUT2D eigenvalue weighted by Crippen LogP contribution is 2.19. The summed E-state index contributed by atoms with van der Waals surface area (Å²) in [7, 11) is 0. The molecule has 1 aliphatic rings. The topological polar surface area (TPSA) is 138 Å². The van der Waals surface area contributed by atoms with Crippen LogP contribution in [0.15, 0.2) is 34.7 Å². The smallest absolute Gasteiger partial charge is 0.318 e. The van der Waals surface area contributed by atoms with E-state index in [9.17, 15) is 24.0 Å². The van der Waals surface area contributed by atoms with E-state index < -0.39 is 36.0 Å². The molecule has 0 bridgehead atoms. The minimum absolute atomic E-state index is 0.0980. The Kier molecular flexibility index (Phi) is 10.3. The van der Waals surface area contributed by atoms with Gasteiger partial charge in [-0.1, -0.05) is 45.9 Å². The van der Waals surface area contributed by atoms with Crippen molar-refractivity contribution in [2.24, 2.45) is 11.8 Å². The number of Topliss-reactive ketones (excluding diaryl/α,β-unsaturated/α-hetero) is 2. The van der Waals surface area contributed by atoms with Gasteiger partial charge in [0.25, 0.3) is 5.91 Å². The monoisotopic (exact) mass is 540 g/mol. The number of furan rings is 1. The molecule has 0 spiro atoms. The largest absolute Gasteiger partial charge is 0.451 e. The van der Waals surface area contributed by atoms with E-state index in [1.54, 1.807) is 12.1 Å². The molecular formula is C29H40N4O6. The van der Waals surface area contributed by atoms with Crippen molar-refractivity contribution in [2.75, 3.05) is 13.1 Å². The summed E-state index contributed by atoms with van der Waals surface area (Å²) in [6, 6.07) is 6.14. The molecule has 0 saturated carbocycles. The predicted octanol–water partition coefficient (Wildman–Crippen LogP) is 3.44. The van der Waals surface area contributed by atoms with Gasteiger partial charge in [-0.2, -0.15) is 0 Å². The summed E-state index contributed by atoms with van der Waals surface area (Å²) in [6.07, 6.45) is 1.75.